The van der Waals surface area contributed by atoms with Gasteiger partial charge in [-0.15, -0.1) is 11.3 Å². The summed E-state index contributed by atoms with van der Waals surface area (Å²) in [5.74, 6) is -0.948. The molecule has 0 saturated carbocycles. The summed E-state index contributed by atoms with van der Waals surface area (Å²) in [4.78, 5) is 12.0. The first kappa shape index (κ1) is 12.1. The van der Waals surface area contributed by atoms with Crippen LogP contribution >= 0.6 is 22.9 Å². The van der Waals surface area contributed by atoms with E-state index in [1.807, 2.05) is 0 Å². The smallest absolute Gasteiger partial charge is 0.348 e. The molecule has 0 unspecified atom stereocenters. The standard InChI is InChI=1S/C12H8ClFO2S/c13-9-3-1-4-10(14)8(9)7-16-12(15)11-5-2-6-17-11/h1-6H,7H2. The number of esters is 1. The van der Waals surface area contributed by atoms with Crippen LogP contribution in [0.25, 0.3) is 0 Å². The van der Waals surface area contributed by atoms with Crippen LogP contribution < -0.4 is 0 Å². The lowest BCUT2D eigenvalue weighted by atomic mass is 10.2. The molecule has 17 heavy (non-hydrogen) atoms. The number of carbonyl (C=O) groups excluding carboxylic acids is 1. The highest BCUT2D eigenvalue weighted by Gasteiger charge is 2.12. The molecule has 1 aromatic carbocycles. The largest absolute Gasteiger partial charge is 0.456 e. The zero-order chi connectivity index (χ0) is 12.3. The zero-order valence-corrected chi connectivity index (χ0v) is 10.2. The fourth-order valence-corrected chi connectivity index (χ4v) is 2.11. The molecule has 88 valence electrons. The number of halogens is 2. The Bertz CT molecular complexity index is 505. The Morgan fingerprint density at radius 1 is 1.35 bits per heavy atom. The van der Waals surface area contributed by atoms with Crippen LogP contribution in [0.1, 0.15) is 15.2 Å². The zero-order valence-electron chi connectivity index (χ0n) is 8.65. The molecule has 0 bridgehead atoms. The van der Waals surface area contributed by atoms with Crippen molar-refractivity contribution in [3.63, 3.8) is 0 Å². The third-order valence-corrected chi connectivity index (χ3v) is 3.34. The van der Waals surface area contributed by atoms with Gasteiger partial charge in [0.25, 0.3) is 0 Å². The molecule has 0 radical (unpaired) electrons. The maximum absolute atomic E-state index is 13.4. The maximum atomic E-state index is 13.4. The van der Waals surface area contributed by atoms with E-state index in [2.05, 4.69) is 0 Å². The van der Waals surface area contributed by atoms with E-state index >= 15 is 0 Å². The van der Waals surface area contributed by atoms with Gasteiger partial charge in [-0.05, 0) is 23.6 Å². The molecular formula is C12H8ClFO2S. The van der Waals surface area contributed by atoms with Gasteiger partial charge in [0.1, 0.15) is 17.3 Å². The highest BCUT2D eigenvalue weighted by molar-refractivity contribution is 7.11. The fraction of sp³-hybridized carbons (Fsp3) is 0.0833. The van der Waals surface area contributed by atoms with Crippen LogP contribution in [0.15, 0.2) is 35.7 Å². The SMILES string of the molecule is O=C(OCc1c(F)cccc1Cl)c1cccs1. The number of carbonyl (C=O) groups is 1. The van der Waals surface area contributed by atoms with Crippen molar-refractivity contribution in [2.75, 3.05) is 0 Å². The Morgan fingerprint density at radius 2 is 2.18 bits per heavy atom. The minimum Gasteiger partial charge on any atom is -0.456 e. The fourth-order valence-electron chi connectivity index (χ4n) is 1.27. The number of thiophene rings is 1. The van der Waals surface area contributed by atoms with Crippen molar-refractivity contribution in [3.05, 3.63) is 57.0 Å². The van der Waals surface area contributed by atoms with Gasteiger partial charge in [-0.3, -0.25) is 0 Å². The summed E-state index contributed by atoms with van der Waals surface area (Å²) < 4.78 is 18.4. The van der Waals surface area contributed by atoms with E-state index < -0.39 is 11.8 Å². The molecule has 0 aliphatic rings. The van der Waals surface area contributed by atoms with E-state index in [0.717, 1.165) is 0 Å². The molecule has 1 heterocycles. The third-order valence-electron chi connectivity index (χ3n) is 2.13. The van der Waals surface area contributed by atoms with E-state index in [1.54, 1.807) is 23.6 Å². The molecule has 0 amide bonds. The lowest BCUT2D eigenvalue weighted by molar-refractivity contribution is 0.0475. The van der Waals surface area contributed by atoms with Crippen LogP contribution in [0.3, 0.4) is 0 Å². The maximum Gasteiger partial charge on any atom is 0.348 e. The average molecular weight is 271 g/mol. The number of hydrogen-bond donors (Lipinski definition) is 0. The summed E-state index contributed by atoms with van der Waals surface area (Å²) in [5, 5.41) is 2.02. The van der Waals surface area contributed by atoms with Crippen LogP contribution in [-0.2, 0) is 11.3 Å². The molecule has 0 spiro atoms. The van der Waals surface area contributed by atoms with Crippen LogP contribution in [0.5, 0.6) is 0 Å². The van der Waals surface area contributed by atoms with Gasteiger partial charge in [-0.25, -0.2) is 9.18 Å². The molecule has 1 aromatic heterocycles. The predicted molar refractivity (Wildman–Crippen MR) is 64.8 cm³/mol. The van der Waals surface area contributed by atoms with Gasteiger partial charge < -0.3 is 4.74 Å². The van der Waals surface area contributed by atoms with Crippen molar-refractivity contribution in [3.8, 4) is 0 Å². The second kappa shape index (κ2) is 5.29. The summed E-state index contributed by atoms with van der Waals surface area (Å²) in [6.07, 6.45) is 0. The monoisotopic (exact) mass is 270 g/mol. The lowest BCUT2D eigenvalue weighted by Gasteiger charge is -2.06. The van der Waals surface area contributed by atoms with Crippen molar-refractivity contribution in [1.82, 2.24) is 0 Å². The first-order valence-electron chi connectivity index (χ1n) is 4.82. The van der Waals surface area contributed by atoms with Crippen LogP contribution in [0, 0.1) is 5.82 Å². The number of benzene rings is 1. The van der Waals surface area contributed by atoms with Crippen LogP contribution in [0.4, 0.5) is 4.39 Å². The number of ether oxygens (including phenoxy) is 1. The topological polar surface area (TPSA) is 26.3 Å². The lowest BCUT2D eigenvalue weighted by Crippen LogP contribution is -2.04. The van der Waals surface area contributed by atoms with Crippen LogP contribution in [-0.4, -0.2) is 5.97 Å². The van der Waals surface area contributed by atoms with Gasteiger partial charge in [0.15, 0.2) is 0 Å². The minimum absolute atomic E-state index is 0.164. The highest BCUT2D eigenvalue weighted by atomic mass is 35.5. The van der Waals surface area contributed by atoms with Gasteiger partial charge in [-0.2, -0.15) is 0 Å². The first-order valence-corrected chi connectivity index (χ1v) is 6.08. The molecule has 0 N–H and O–H groups in total. The van der Waals surface area contributed by atoms with E-state index in [1.165, 1.54) is 23.5 Å². The van der Waals surface area contributed by atoms with E-state index in [9.17, 15) is 9.18 Å². The number of hydrogen-bond acceptors (Lipinski definition) is 3. The molecule has 0 aliphatic carbocycles. The second-order valence-electron chi connectivity index (χ2n) is 3.25. The minimum atomic E-state index is -0.475. The van der Waals surface area contributed by atoms with E-state index in [4.69, 9.17) is 16.3 Å². The summed E-state index contributed by atoms with van der Waals surface area (Å²) in [7, 11) is 0. The normalized spacial score (nSPS) is 10.2. The molecule has 2 rings (SSSR count). The molecule has 2 nitrogen and oxygen atoms in total. The molecule has 0 saturated heterocycles. The molecule has 2 aromatic rings. The molecule has 0 aliphatic heterocycles. The van der Waals surface area contributed by atoms with Crippen molar-refractivity contribution >= 4 is 28.9 Å². The van der Waals surface area contributed by atoms with Crippen LogP contribution in [0.2, 0.25) is 5.02 Å². The van der Waals surface area contributed by atoms with E-state index in [0.29, 0.717) is 4.88 Å². The second-order valence-corrected chi connectivity index (χ2v) is 4.61. The molecule has 0 fully saturated rings. The predicted octanol–water partition coefficient (Wildman–Crippen LogP) is 3.90. The Hall–Kier alpha value is -1.39. The van der Waals surface area contributed by atoms with Gasteiger partial charge in [0.05, 0.1) is 5.02 Å². The van der Waals surface area contributed by atoms with Crippen molar-refractivity contribution in [2.24, 2.45) is 0 Å². The van der Waals surface area contributed by atoms with Crippen molar-refractivity contribution in [2.45, 2.75) is 6.61 Å². The average Bonchev–Trinajstić information content (AvgIpc) is 2.81. The molecular weight excluding hydrogens is 263 g/mol. The molecule has 0 atom stereocenters. The first-order chi connectivity index (χ1) is 8.18. The molecule has 5 heteroatoms. The summed E-state index contributed by atoms with van der Waals surface area (Å²) in [5.41, 5.74) is 0.194. The Labute approximate surface area is 107 Å². The van der Waals surface area contributed by atoms with Gasteiger partial charge >= 0.3 is 5.97 Å². The Morgan fingerprint density at radius 3 is 2.82 bits per heavy atom. The van der Waals surface area contributed by atoms with Gasteiger partial charge in [-0.1, -0.05) is 23.7 Å². The summed E-state index contributed by atoms with van der Waals surface area (Å²) >= 11 is 7.08. The number of rotatable bonds is 3. The van der Waals surface area contributed by atoms with Crippen molar-refractivity contribution in [1.29, 1.82) is 0 Å². The third kappa shape index (κ3) is 2.84. The summed E-state index contributed by atoms with van der Waals surface area (Å²) in [6, 6.07) is 7.73. The van der Waals surface area contributed by atoms with Gasteiger partial charge in [0, 0.05) is 5.56 Å². The van der Waals surface area contributed by atoms with Crippen molar-refractivity contribution < 1.29 is 13.9 Å². The Kier molecular flexibility index (Phi) is 3.76. The summed E-state index contributed by atoms with van der Waals surface area (Å²) in [6.45, 7) is -0.164. The quantitative estimate of drug-likeness (QED) is 0.791. The van der Waals surface area contributed by atoms with Gasteiger partial charge in [0.2, 0.25) is 0 Å². The Balaban J connectivity index is 2.06. The highest BCUT2D eigenvalue weighted by Crippen LogP contribution is 2.20. The van der Waals surface area contributed by atoms with E-state index in [-0.39, 0.29) is 17.2 Å².